The van der Waals surface area contributed by atoms with Gasteiger partial charge in [-0.2, -0.15) is 0 Å². The number of carboxylic acids is 1. The highest BCUT2D eigenvalue weighted by molar-refractivity contribution is 5.98. The average molecular weight is 765 g/mol. The number of carbonyl (C=O) groups excluding carboxylic acids is 3. The minimum atomic E-state index is -1.17. The summed E-state index contributed by atoms with van der Waals surface area (Å²) in [5, 5.41) is 15.4. The number of carboxylic acid groups (broad SMARTS) is 1. The van der Waals surface area contributed by atoms with Gasteiger partial charge in [0, 0.05) is 43.6 Å². The number of rotatable bonds is 27. The maximum absolute atomic E-state index is 13.6. The highest BCUT2D eigenvalue weighted by Crippen LogP contribution is 2.30. The number of nitrogens with one attached hydrogen (secondary N) is 2. The molecular weight excluding hydrogens is 705 g/mol. The van der Waals surface area contributed by atoms with Gasteiger partial charge in [0.25, 0.3) is 5.91 Å². The molecule has 300 valence electrons. The Bertz CT molecular complexity index is 1750. The summed E-state index contributed by atoms with van der Waals surface area (Å²) in [4.78, 5) is 58.1. The average Bonchev–Trinajstić information content (AvgIpc) is 3.67. The highest BCUT2D eigenvalue weighted by atomic mass is 16.4. The molecule has 0 aliphatic carbocycles. The summed E-state index contributed by atoms with van der Waals surface area (Å²) in [5.74, 6) is -1.54. The quantitative estimate of drug-likeness (QED) is 0.0514. The number of benzene rings is 3. The fourth-order valence-corrected chi connectivity index (χ4v) is 6.70. The first-order valence-corrected chi connectivity index (χ1v) is 20.6. The Morgan fingerprint density at radius 1 is 0.696 bits per heavy atom. The minimum absolute atomic E-state index is 0.0439. The van der Waals surface area contributed by atoms with Gasteiger partial charge < -0.3 is 25.1 Å². The largest absolute Gasteiger partial charge is 0.480 e. The van der Waals surface area contributed by atoms with Crippen molar-refractivity contribution in [3.8, 4) is 22.8 Å². The molecule has 1 atom stereocenters. The van der Waals surface area contributed by atoms with E-state index < -0.39 is 17.9 Å². The van der Waals surface area contributed by atoms with Gasteiger partial charge in [0.15, 0.2) is 11.5 Å². The summed E-state index contributed by atoms with van der Waals surface area (Å²) in [6.07, 6.45) is 15.8. The maximum Gasteiger partial charge on any atom is 0.326 e. The van der Waals surface area contributed by atoms with E-state index in [-0.39, 0.29) is 56.4 Å². The third-order valence-corrected chi connectivity index (χ3v) is 9.92. The lowest BCUT2D eigenvalue weighted by atomic mass is 10.0. The van der Waals surface area contributed by atoms with Gasteiger partial charge in [-0.15, -0.1) is 0 Å². The summed E-state index contributed by atoms with van der Waals surface area (Å²) < 4.78 is 6.10. The lowest BCUT2D eigenvalue weighted by Gasteiger charge is -2.24. The first kappa shape index (κ1) is 43.5. The van der Waals surface area contributed by atoms with Crippen molar-refractivity contribution in [3.05, 3.63) is 102 Å². The molecule has 56 heavy (non-hydrogen) atoms. The molecule has 1 aromatic heterocycles. The van der Waals surface area contributed by atoms with Crippen LogP contribution in [0, 0.1) is 0 Å². The predicted molar refractivity (Wildman–Crippen MR) is 221 cm³/mol. The van der Waals surface area contributed by atoms with Gasteiger partial charge in [0.05, 0.1) is 0 Å². The van der Waals surface area contributed by atoms with Crippen molar-refractivity contribution < 1.29 is 28.7 Å². The number of hydrogen-bond acceptors (Lipinski definition) is 6. The van der Waals surface area contributed by atoms with Crippen LogP contribution in [-0.4, -0.2) is 57.8 Å². The number of amides is 3. The zero-order chi connectivity index (χ0) is 39.8. The van der Waals surface area contributed by atoms with E-state index in [1.807, 2.05) is 91.0 Å². The second-order valence-corrected chi connectivity index (χ2v) is 14.5. The van der Waals surface area contributed by atoms with Gasteiger partial charge in [-0.25, -0.2) is 9.78 Å². The van der Waals surface area contributed by atoms with Gasteiger partial charge in [0.1, 0.15) is 6.04 Å². The zero-order valence-corrected chi connectivity index (χ0v) is 33.1. The van der Waals surface area contributed by atoms with Crippen LogP contribution >= 0.6 is 0 Å². The summed E-state index contributed by atoms with van der Waals surface area (Å²) in [5.41, 5.74) is 2.47. The summed E-state index contributed by atoms with van der Waals surface area (Å²) >= 11 is 0. The smallest absolute Gasteiger partial charge is 0.326 e. The molecule has 3 N–H and O–H groups in total. The van der Waals surface area contributed by atoms with E-state index >= 15 is 0 Å². The SMILES string of the molecule is CCCCCCCCCCCCCCCC(=O)NC(CCC(=O)N(CCNC(=O)c1nc(-c2ccccc2)oc1-c1ccccc1)Cc1ccccc1)C(=O)O. The normalized spacial score (nSPS) is 11.5. The van der Waals surface area contributed by atoms with Gasteiger partial charge in [-0.05, 0) is 30.5 Å². The Morgan fingerprint density at radius 2 is 1.23 bits per heavy atom. The third-order valence-electron chi connectivity index (χ3n) is 9.92. The van der Waals surface area contributed by atoms with Crippen LogP contribution < -0.4 is 10.6 Å². The summed E-state index contributed by atoms with van der Waals surface area (Å²) in [6.45, 7) is 2.81. The first-order chi connectivity index (χ1) is 27.4. The van der Waals surface area contributed by atoms with E-state index in [1.54, 1.807) is 4.90 Å². The molecule has 4 aromatic rings. The molecule has 0 saturated carbocycles. The summed E-state index contributed by atoms with van der Waals surface area (Å²) in [6, 6.07) is 26.9. The van der Waals surface area contributed by atoms with E-state index in [0.717, 1.165) is 30.4 Å². The Morgan fingerprint density at radius 3 is 1.80 bits per heavy atom. The monoisotopic (exact) mass is 764 g/mol. The van der Waals surface area contributed by atoms with Crippen LogP contribution in [0.3, 0.4) is 0 Å². The fraction of sp³-hybridized carbons (Fsp3) is 0.457. The van der Waals surface area contributed by atoms with Crippen LogP contribution in [0.4, 0.5) is 0 Å². The topological polar surface area (TPSA) is 142 Å². The van der Waals surface area contributed by atoms with E-state index in [0.29, 0.717) is 23.6 Å². The Balaban J connectivity index is 1.25. The van der Waals surface area contributed by atoms with Crippen molar-refractivity contribution in [3.63, 3.8) is 0 Å². The molecule has 0 spiro atoms. The molecule has 0 fully saturated rings. The molecule has 1 unspecified atom stereocenters. The molecule has 0 saturated heterocycles. The van der Waals surface area contributed by atoms with E-state index in [2.05, 4.69) is 22.5 Å². The van der Waals surface area contributed by atoms with Crippen molar-refractivity contribution in [1.82, 2.24) is 20.5 Å². The first-order valence-electron chi connectivity index (χ1n) is 20.6. The Labute approximate surface area is 332 Å². The standard InChI is InChI=1S/C46H60N4O6/c1-2-3-4-5-6-7-8-9-10-11-12-13-23-30-40(51)48-39(46(54)55)31-32-41(52)50(35-36-24-17-14-18-25-36)34-33-47-44(53)42-43(37-26-19-15-20-27-37)56-45(49-42)38-28-21-16-22-29-38/h14-22,24-29,39H,2-13,23,30-35H2,1H3,(H,47,53)(H,48,51)(H,54,55). The molecular formula is C46H60N4O6. The molecule has 0 aliphatic rings. The van der Waals surface area contributed by atoms with Gasteiger partial charge >= 0.3 is 5.97 Å². The Kier molecular flexibility index (Phi) is 19.4. The van der Waals surface area contributed by atoms with Crippen LogP contribution in [-0.2, 0) is 20.9 Å². The van der Waals surface area contributed by atoms with Crippen molar-refractivity contribution in [2.45, 2.75) is 122 Å². The van der Waals surface area contributed by atoms with Crippen LogP contribution in [0.1, 0.15) is 126 Å². The number of hydrogen-bond donors (Lipinski definition) is 3. The second kappa shape index (κ2) is 25.0. The second-order valence-electron chi connectivity index (χ2n) is 14.5. The number of carbonyl (C=O) groups is 4. The van der Waals surface area contributed by atoms with Gasteiger partial charge in [-0.3, -0.25) is 14.4 Å². The van der Waals surface area contributed by atoms with Crippen molar-refractivity contribution in [1.29, 1.82) is 0 Å². The number of oxazole rings is 1. The van der Waals surface area contributed by atoms with Crippen LogP contribution in [0.2, 0.25) is 0 Å². The number of nitrogens with zero attached hydrogens (tertiary/aromatic N) is 2. The molecule has 1 heterocycles. The fourth-order valence-electron chi connectivity index (χ4n) is 6.70. The summed E-state index contributed by atoms with van der Waals surface area (Å²) in [7, 11) is 0. The molecule has 0 bridgehead atoms. The molecule has 0 radical (unpaired) electrons. The van der Waals surface area contributed by atoms with Crippen LogP contribution in [0.15, 0.2) is 95.4 Å². The number of aliphatic carboxylic acids is 1. The molecule has 3 amide bonds. The lowest BCUT2D eigenvalue weighted by molar-refractivity contribution is -0.142. The lowest BCUT2D eigenvalue weighted by Crippen LogP contribution is -2.42. The highest BCUT2D eigenvalue weighted by Gasteiger charge is 2.25. The van der Waals surface area contributed by atoms with E-state index in [9.17, 15) is 24.3 Å². The predicted octanol–water partition coefficient (Wildman–Crippen LogP) is 9.60. The Hall–Kier alpha value is -5.25. The van der Waals surface area contributed by atoms with Crippen molar-refractivity contribution in [2.24, 2.45) is 0 Å². The third kappa shape index (κ3) is 15.5. The molecule has 3 aromatic carbocycles. The van der Waals surface area contributed by atoms with Gasteiger partial charge in [0.2, 0.25) is 17.7 Å². The zero-order valence-electron chi connectivity index (χ0n) is 33.1. The molecule has 10 heteroatoms. The maximum atomic E-state index is 13.6. The number of unbranched alkanes of at least 4 members (excludes halogenated alkanes) is 12. The van der Waals surface area contributed by atoms with Crippen molar-refractivity contribution >= 4 is 23.7 Å². The molecule has 10 nitrogen and oxygen atoms in total. The minimum Gasteiger partial charge on any atom is -0.480 e. The van der Waals surface area contributed by atoms with E-state index in [1.165, 1.54) is 57.8 Å². The molecule has 0 aliphatic heterocycles. The van der Waals surface area contributed by atoms with Crippen LogP contribution in [0.25, 0.3) is 22.8 Å². The van der Waals surface area contributed by atoms with Gasteiger partial charge in [-0.1, -0.05) is 163 Å². The molecule has 4 rings (SSSR count). The van der Waals surface area contributed by atoms with Crippen LogP contribution in [0.5, 0.6) is 0 Å². The number of aromatic nitrogens is 1. The van der Waals surface area contributed by atoms with Crippen molar-refractivity contribution in [2.75, 3.05) is 13.1 Å². The van der Waals surface area contributed by atoms with E-state index in [4.69, 9.17) is 4.42 Å².